The summed E-state index contributed by atoms with van der Waals surface area (Å²) in [6, 6.07) is 30.4. The van der Waals surface area contributed by atoms with Crippen LogP contribution >= 0.6 is 11.8 Å². The minimum atomic E-state index is -0.258. The van der Waals surface area contributed by atoms with Crippen LogP contribution in [0.5, 0.6) is 0 Å². The predicted octanol–water partition coefficient (Wildman–Crippen LogP) is 5.87. The fraction of sp³-hybridized carbons (Fsp3) is 0.167. The number of benzene rings is 3. The number of nitrogens with zero attached hydrogens (tertiary/aromatic N) is 4. The van der Waals surface area contributed by atoms with E-state index in [1.165, 1.54) is 23.9 Å². The van der Waals surface area contributed by atoms with Crippen molar-refractivity contribution in [2.75, 3.05) is 36.8 Å². The van der Waals surface area contributed by atoms with Crippen LogP contribution in [0, 0.1) is 17.1 Å². The molecule has 0 atom stereocenters. The highest BCUT2D eigenvalue weighted by Crippen LogP contribution is 2.34. The van der Waals surface area contributed by atoms with Crippen LogP contribution in [0.2, 0.25) is 0 Å². The van der Waals surface area contributed by atoms with Gasteiger partial charge in [0.15, 0.2) is 0 Å². The van der Waals surface area contributed by atoms with Gasteiger partial charge in [0.05, 0.1) is 17.0 Å². The summed E-state index contributed by atoms with van der Waals surface area (Å²) in [7, 11) is 0. The molecule has 0 bridgehead atoms. The van der Waals surface area contributed by atoms with Gasteiger partial charge >= 0.3 is 0 Å². The second kappa shape index (κ2) is 11.3. The van der Waals surface area contributed by atoms with E-state index in [-0.39, 0.29) is 17.5 Å². The fourth-order valence-electron chi connectivity index (χ4n) is 4.42. The third-order valence-corrected chi connectivity index (χ3v) is 7.37. The number of anilines is 1. The molecule has 0 N–H and O–H groups in total. The number of hydrogen-bond acceptors (Lipinski definition) is 5. The van der Waals surface area contributed by atoms with Gasteiger partial charge in [0.1, 0.15) is 16.9 Å². The van der Waals surface area contributed by atoms with Crippen molar-refractivity contribution in [3.8, 4) is 28.5 Å². The number of pyridine rings is 1. The van der Waals surface area contributed by atoms with E-state index in [1.807, 2.05) is 71.6 Å². The van der Waals surface area contributed by atoms with Crippen LogP contribution in [-0.2, 0) is 4.79 Å². The van der Waals surface area contributed by atoms with E-state index in [9.17, 15) is 14.4 Å². The number of halogens is 1. The molecule has 1 amide bonds. The number of carbonyl (C=O) groups excluding carboxylic acids is 1. The monoisotopic (exact) mass is 508 g/mol. The van der Waals surface area contributed by atoms with E-state index in [0.717, 1.165) is 28.1 Å². The van der Waals surface area contributed by atoms with Crippen LogP contribution in [0.25, 0.3) is 22.4 Å². The molecule has 1 aromatic heterocycles. The van der Waals surface area contributed by atoms with Crippen molar-refractivity contribution in [1.29, 1.82) is 5.26 Å². The van der Waals surface area contributed by atoms with Crippen LogP contribution in [0.3, 0.4) is 0 Å². The summed E-state index contributed by atoms with van der Waals surface area (Å²) in [5, 5.41) is 10.6. The topological polar surface area (TPSA) is 60.2 Å². The van der Waals surface area contributed by atoms with Crippen LogP contribution < -0.4 is 4.90 Å². The molecular weight excluding hydrogens is 483 g/mol. The quantitative estimate of drug-likeness (QED) is 0.305. The number of piperazine rings is 1. The van der Waals surface area contributed by atoms with E-state index in [1.54, 1.807) is 12.1 Å². The summed E-state index contributed by atoms with van der Waals surface area (Å²) in [6.07, 6.45) is 0. The number of carbonyl (C=O) groups is 1. The highest BCUT2D eigenvalue weighted by Gasteiger charge is 2.23. The SMILES string of the molecule is N#Cc1c(-c2ccccc2)cc(-c2ccccc2)nc1SCC(=O)N1CCN(c2ccc(F)cc2)CC1. The van der Waals surface area contributed by atoms with Crippen molar-refractivity contribution in [1.82, 2.24) is 9.88 Å². The molecule has 7 heteroatoms. The summed E-state index contributed by atoms with van der Waals surface area (Å²) in [4.78, 5) is 21.9. The Labute approximate surface area is 220 Å². The molecule has 0 aliphatic carbocycles. The number of rotatable bonds is 6. The fourth-order valence-corrected chi connectivity index (χ4v) is 5.33. The molecular formula is C30H25FN4OS. The van der Waals surface area contributed by atoms with Crippen LogP contribution in [0.1, 0.15) is 5.56 Å². The number of aromatic nitrogens is 1. The second-order valence-electron chi connectivity index (χ2n) is 8.71. The maximum absolute atomic E-state index is 13.2. The first kappa shape index (κ1) is 24.5. The van der Waals surface area contributed by atoms with Crippen molar-refractivity contribution in [2.45, 2.75) is 5.03 Å². The van der Waals surface area contributed by atoms with Crippen molar-refractivity contribution < 1.29 is 9.18 Å². The Morgan fingerprint density at radius 3 is 2.14 bits per heavy atom. The first-order valence-corrected chi connectivity index (χ1v) is 13.1. The molecule has 0 unspecified atom stereocenters. The lowest BCUT2D eigenvalue weighted by Gasteiger charge is -2.36. The highest BCUT2D eigenvalue weighted by atomic mass is 32.2. The Kier molecular flexibility index (Phi) is 7.48. The third-order valence-electron chi connectivity index (χ3n) is 6.41. The van der Waals surface area contributed by atoms with E-state index in [0.29, 0.717) is 36.8 Å². The van der Waals surface area contributed by atoms with Gasteiger partial charge in [0, 0.05) is 43.0 Å². The Morgan fingerprint density at radius 2 is 1.51 bits per heavy atom. The predicted molar refractivity (Wildman–Crippen MR) is 146 cm³/mol. The maximum Gasteiger partial charge on any atom is 0.233 e. The standard InChI is InChI=1S/C30H25FN4OS/c31-24-11-13-25(14-12-24)34-15-17-35(18-16-34)29(36)21-37-30-27(20-32)26(22-7-3-1-4-8-22)19-28(33-30)23-9-5-2-6-10-23/h1-14,19H,15-18,21H2. The molecule has 37 heavy (non-hydrogen) atoms. The smallest absolute Gasteiger partial charge is 0.233 e. The van der Waals surface area contributed by atoms with E-state index in [4.69, 9.17) is 4.98 Å². The average Bonchev–Trinajstić information content (AvgIpc) is 2.97. The molecule has 5 rings (SSSR count). The Morgan fingerprint density at radius 1 is 0.892 bits per heavy atom. The first-order chi connectivity index (χ1) is 18.1. The van der Waals surface area contributed by atoms with Gasteiger partial charge in [0.25, 0.3) is 0 Å². The van der Waals surface area contributed by atoms with Gasteiger partial charge < -0.3 is 9.80 Å². The van der Waals surface area contributed by atoms with Crippen LogP contribution in [-0.4, -0.2) is 47.7 Å². The molecule has 0 radical (unpaired) electrons. The lowest BCUT2D eigenvalue weighted by Crippen LogP contribution is -2.49. The number of amides is 1. The summed E-state index contributed by atoms with van der Waals surface area (Å²) < 4.78 is 13.2. The van der Waals surface area contributed by atoms with Gasteiger partial charge in [-0.15, -0.1) is 0 Å². The highest BCUT2D eigenvalue weighted by molar-refractivity contribution is 8.00. The minimum absolute atomic E-state index is 0.0146. The van der Waals surface area contributed by atoms with Crippen molar-refractivity contribution in [3.63, 3.8) is 0 Å². The summed E-state index contributed by atoms with van der Waals surface area (Å²) >= 11 is 1.31. The van der Waals surface area contributed by atoms with Crippen molar-refractivity contribution in [3.05, 3.63) is 102 Å². The summed E-state index contributed by atoms with van der Waals surface area (Å²) in [6.45, 7) is 2.56. The Balaban J connectivity index is 1.34. The zero-order valence-electron chi connectivity index (χ0n) is 20.2. The first-order valence-electron chi connectivity index (χ1n) is 12.1. The largest absolute Gasteiger partial charge is 0.368 e. The normalized spacial score (nSPS) is 13.3. The maximum atomic E-state index is 13.2. The molecule has 1 aliphatic rings. The minimum Gasteiger partial charge on any atom is -0.368 e. The molecule has 1 aliphatic heterocycles. The molecule has 0 saturated carbocycles. The van der Waals surface area contributed by atoms with Gasteiger partial charge in [0.2, 0.25) is 5.91 Å². The van der Waals surface area contributed by atoms with Crippen LogP contribution in [0.4, 0.5) is 10.1 Å². The van der Waals surface area contributed by atoms with Gasteiger partial charge in [-0.2, -0.15) is 5.26 Å². The van der Waals surface area contributed by atoms with Gasteiger partial charge in [-0.05, 0) is 35.9 Å². The molecule has 0 spiro atoms. The van der Waals surface area contributed by atoms with Crippen molar-refractivity contribution >= 4 is 23.4 Å². The zero-order valence-corrected chi connectivity index (χ0v) is 21.0. The van der Waals surface area contributed by atoms with E-state index < -0.39 is 0 Å². The Hall–Kier alpha value is -4.15. The molecule has 3 aromatic carbocycles. The van der Waals surface area contributed by atoms with E-state index in [2.05, 4.69) is 11.0 Å². The molecule has 5 nitrogen and oxygen atoms in total. The average molecular weight is 509 g/mol. The number of nitriles is 1. The molecule has 1 fully saturated rings. The van der Waals surface area contributed by atoms with E-state index >= 15 is 0 Å². The number of hydrogen-bond donors (Lipinski definition) is 0. The van der Waals surface area contributed by atoms with Crippen molar-refractivity contribution in [2.24, 2.45) is 0 Å². The molecule has 1 saturated heterocycles. The molecule has 4 aromatic rings. The third kappa shape index (κ3) is 5.65. The summed E-state index contributed by atoms with van der Waals surface area (Å²) in [5.74, 6) is -0.0439. The lowest BCUT2D eigenvalue weighted by atomic mass is 9.99. The van der Waals surface area contributed by atoms with Gasteiger partial charge in [-0.25, -0.2) is 9.37 Å². The second-order valence-corrected chi connectivity index (χ2v) is 9.68. The lowest BCUT2D eigenvalue weighted by molar-refractivity contribution is -0.128. The molecule has 184 valence electrons. The number of thioether (sulfide) groups is 1. The molecule has 2 heterocycles. The van der Waals surface area contributed by atoms with Gasteiger partial charge in [-0.3, -0.25) is 4.79 Å². The summed E-state index contributed by atoms with van der Waals surface area (Å²) in [5.41, 5.74) is 4.89. The Bertz CT molecular complexity index is 1410. The van der Waals surface area contributed by atoms with Gasteiger partial charge in [-0.1, -0.05) is 72.4 Å². The zero-order chi connectivity index (χ0) is 25.6. The van der Waals surface area contributed by atoms with Crippen LogP contribution in [0.15, 0.2) is 96.0 Å².